The van der Waals surface area contributed by atoms with Crippen LogP contribution in [0.5, 0.6) is 0 Å². The number of hydrogen-bond donors (Lipinski definition) is 1. The Kier molecular flexibility index (Phi) is 4.31. The zero-order valence-electron chi connectivity index (χ0n) is 10.6. The molecule has 0 spiro atoms. The molecular weight excluding hydrogens is 272 g/mol. The second-order valence-corrected chi connectivity index (χ2v) is 5.60. The fourth-order valence-electron chi connectivity index (χ4n) is 2.10. The maximum Gasteiger partial charge on any atom is 0.334 e. The fourth-order valence-corrected chi connectivity index (χ4v) is 3.00. The molecule has 2 fully saturated rings. The van der Waals surface area contributed by atoms with E-state index in [9.17, 15) is 14.4 Å². The van der Waals surface area contributed by atoms with Crippen LogP contribution in [-0.2, 0) is 19.1 Å². The topological polar surface area (TPSA) is 87.2 Å². The van der Waals surface area contributed by atoms with Gasteiger partial charge in [-0.2, -0.15) is 0 Å². The van der Waals surface area contributed by atoms with Crippen LogP contribution >= 0.6 is 11.8 Å². The number of nitrogens with zero attached hydrogens (tertiary/aromatic N) is 2. The zero-order valence-corrected chi connectivity index (χ0v) is 11.4. The molecule has 2 aliphatic heterocycles. The highest BCUT2D eigenvalue weighted by Crippen LogP contribution is 2.16. The van der Waals surface area contributed by atoms with Gasteiger partial charge in [-0.25, -0.2) is 4.79 Å². The van der Waals surface area contributed by atoms with Crippen molar-refractivity contribution >= 4 is 29.5 Å². The lowest BCUT2D eigenvalue weighted by Crippen LogP contribution is -2.54. The Morgan fingerprint density at radius 1 is 1.47 bits per heavy atom. The molecule has 2 heterocycles. The van der Waals surface area contributed by atoms with E-state index in [1.807, 2.05) is 0 Å². The van der Waals surface area contributed by atoms with Gasteiger partial charge in [0.05, 0.1) is 24.3 Å². The number of carboxylic acids is 1. The molecule has 2 atom stereocenters. The molecule has 7 nitrogen and oxygen atoms in total. The molecule has 0 radical (unpaired) electrons. The number of carbonyl (C=O) groups excluding carboxylic acids is 2. The predicted octanol–water partition coefficient (Wildman–Crippen LogP) is -0.780. The highest BCUT2D eigenvalue weighted by molar-refractivity contribution is 8.00. The smallest absolute Gasteiger partial charge is 0.334 e. The molecule has 1 unspecified atom stereocenters. The summed E-state index contributed by atoms with van der Waals surface area (Å²) in [5.41, 5.74) is 0. The first-order valence-corrected chi connectivity index (χ1v) is 7.14. The molecule has 0 aromatic heterocycles. The van der Waals surface area contributed by atoms with Crippen molar-refractivity contribution in [1.82, 2.24) is 9.80 Å². The number of rotatable bonds is 3. The molecule has 1 N–H and O–H groups in total. The third-order valence-electron chi connectivity index (χ3n) is 3.04. The van der Waals surface area contributed by atoms with Crippen molar-refractivity contribution in [1.29, 1.82) is 0 Å². The molecule has 19 heavy (non-hydrogen) atoms. The summed E-state index contributed by atoms with van der Waals surface area (Å²) < 4.78 is 5.24. The molecule has 0 aromatic rings. The van der Waals surface area contributed by atoms with Crippen LogP contribution in [0.4, 0.5) is 0 Å². The number of amides is 2. The maximum atomic E-state index is 12.1. The van der Waals surface area contributed by atoms with Crippen LogP contribution in [0.15, 0.2) is 0 Å². The summed E-state index contributed by atoms with van der Waals surface area (Å²) in [6.45, 7) is 2.14. The molecule has 8 heteroatoms. The lowest BCUT2D eigenvalue weighted by atomic mass is 10.2. The van der Waals surface area contributed by atoms with Gasteiger partial charge in [0.25, 0.3) is 0 Å². The minimum absolute atomic E-state index is 0.0187. The van der Waals surface area contributed by atoms with Crippen molar-refractivity contribution in [2.75, 3.05) is 31.3 Å². The van der Waals surface area contributed by atoms with Crippen LogP contribution in [-0.4, -0.2) is 76.2 Å². The van der Waals surface area contributed by atoms with Crippen molar-refractivity contribution in [3.8, 4) is 0 Å². The van der Waals surface area contributed by atoms with E-state index in [2.05, 4.69) is 0 Å². The van der Waals surface area contributed by atoms with E-state index in [0.717, 1.165) is 0 Å². The molecule has 2 saturated heterocycles. The molecule has 0 aliphatic carbocycles. The number of thioether (sulfide) groups is 1. The second kappa shape index (κ2) is 5.79. The van der Waals surface area contributed by atoms with Crippen molar-refractivity contribution in [2.24, 2.45) is 0 Å². The van der Waals surface area contributed by atoms with Gasteiger partial charge < -0.3 is 19.6 Å². The second-order valence-electron chi connectivity index (χ2n) is 4.64. The summed E-state index contributed by atoms with van der Waals surface area (Å²) in [5, 5.41) is 8.95. The summed E-state index contributed by atoms with van der Waals surface area (Å²) in [7, 11) is 0. The minimum Gasteiger partial charge on any atom is -0.479 e. The van der Waals surface area contributed by atoms with Crippen molar-refractivity contribution < 1.29 is 24.2 Å². The van der Waals surface area contributed by atoms with Crippen LogP contribution in [0.25, 0.3) is 0 Å². The van der Waals surface area contributed by atoms with Gasteiger partial charge in [0.15, 0.2) is 6.10 Å². The number of morpholine rings is 1. The Morgan fingerprint density at radius 3 is 2.79 bits per heavy atom. The van der Waals surface area contributed by atoms with Crippen LogP contribution in [0.2, 0.25) is 0 Å². The van der Waals surface area contributed by atoms with Crippen LogP contribution < -0.4 is 0 Å². The summed E-state index contributed by atoms with van der Waals surface area (Å²) in [5.74, 6) is -0.416. The largest absolute Gasteiger partial charge is 0.479 e. The lowest BCUT2D eigenvalue weighted by Gasteiger charge is -2.35. The van der Waals surface area contributed by atoms with E-state index in [-0.39, 0.29) is 31.0 Å². The molecular formula is C11H16N2O5S. The standard InChI is InChI=1S/C11H16N2O5S/c1-7-2-12(3-8(18-7)11(16)17)9(14)4-13-6-19-5-10(13)15/h7-8H,2-6H2,1H3,(H,16,17)/t7-,8?/m1/s1. The first kappa shape index (κ1) is 14.1. The van der Waals surface area contributed by atoms with Gasteiger partial charge in [0.1, 0.15) is 6.54 Å². The van der Waals surface area contributed by atoms with Crippen LogP contribution in [0, 0.1) is 0 Å². The summed E-state index contributed by atoms with van der Waals surface area (Å²) in [6.07, 6.45) is -1.31. The van der Waals surface area contributed by atoms with Gasteiger partial charge in [-0.3, -0.25) is 9.59 Å². The minimum atomic E-state index is -1.07. The fraction of sp³-hybridized carbons (Fsp3) is 0.727. The quantitative estimate of drug-likeness (QED) is 0.733. The van der Waals surface area contributed by atoms with Gasteiger partial charge >= 0.3 is 5.97 Å². The Hall–Kier alpha value is -1.28. The van der Waals surface area contributed by atoms with Gasteiger partial charge in [-0.05, 0) is 6.92 Å². The Morgan fingerprint density at radius 2 is 2.21 bits per heavy atom. The SMILES string of the molecule is C[C@@H]1CN(C(=O)CN2CSCC2=O)CC(C(=O)O)O1. The molecule has 106 valence electrons. The van der Waals surface area contributed by atoms with E-state index in [1.165, 1.54) is 21.6 Å². The molecule has 2 aliphatic rings. The monoisotopic (exact) mass is 288 g/mol. The average Bonchev–Trinajstić information content (AvgIpc) is 2.74. The van der Waals surface area contributed by atoms with Crippen molar-refractivity contribution in [3.63, 3.8) is 0 Å². The zero-order chi connectivity index (χ0) is 14.0. The first-order valence-electron chi connectivity index (χ1n) is 5.99. The van der Waals surface area contributed by atoms with E-state index in [0.29, 0.717) is 18.2 Å². The summed E-state index contributed by atoms with van der Waals surface area (Å²) >= 11 is 1.47. The van der Waals surface area contributed by atoms with Gasteiger partial charge in [0.2, 0.25) is 11.8 Å². The number of ether oxygens (including phenoxy) is 1. The Labute approximate surface area is 114 Å². The normalized spacial score (nSPS) is 27.7. The maximum absolute atomic E-state index is 12.1. The van der Waals surface area contributed by atoms with E-state index >= 15 is 0 Å². The number of hydrogen-bond acceptors (Lipinski definition) is 5. The highest BCUT2D eigenvalue weighted by Gasteiger charge is 2.34. The number of carbonyl (C=O) groups is 3. The molecule has 2 rings (SSSR count). The Balaban J connectivity index is 1.94. The highest BCUT2D eigenvalue weighted by atomic mass is 32.2. The van der Waals surface area contributed by atoms with Gasteiger partial charge in [-0.1, -0.05) is 0 Å². The van der Waals surface area contributed by atoms with Crippen molar-refractivity contribution in [3.05, 3.63) is 0 Å². The third-order valence-corrected chi connectivity index (χ3v) is 3.99. The summed E-state index contributed by atoms with van der Waals surface area (Å²) in [4.78, 5) is 37.4. The molecule has 0 saturated carbocycles. The van der Waals surface area contributed by atoms with E-state index in [1.54, 1.807) is 6.92 Å². The Bertz CT molecular complexity index is 403. The van der Waals surface area contributed by atoms with Crippen LogP contribution in [0.1, 0.15) is 6.92 Å². The molecule has 0 aromatic carbocycles. The van der Waals surface area contributed by atoms with Crippen molar-refractivity contribution in [2.45, 2.75) is 19.1 Å². The average molecular weight is 288 g/mol. The number of carboxylic acid groups (broad SMARTS) is 1. The summed E-state index contributed by atoms with van der Waals surface area (Å²) in [6, 6.07) is 0. The van der Waals surface area contributed by atoms with Gasteiger partial charge in [0, 0.05) is 6.54 Å². The first-order chi connectivity index (χ1) is 8.97. The molecule has 0 bridgehead atoms. The van der Waals surface area contributed by atoms with Gasteiger partial charge in [-0.15, -0.1) is 11.8 Å². The van der Waals surface area contributed by atoms with Crippen LogP contribution in [0.3, 0.4) is 0 Å². The predicted molar refractivity (Wildman–Crippen MR) is 67.6 cm³/mol. The lowest BCUT2D eigenvalue weighted by molar-refractivity contribution is -0.167. The van der Waals surface area contributed by atoms with E-state index < -0.39 is 12.1 Å². The third kappa shape index (κ3) is 3.38. The number of aliphatic carboxylic acids is 1. The van der Waals surface area contributed by atoms with E-state index in [4.69, 9.17) is 9.84 Å². The molecule has 2 amide bonds.